The Kier molecular flexibility index (Phi) is 5.50. The van der Waals surface area contributed by atoms with Crippen LogP contribution in [0.2, 0.25) is 5.02 Å². The molecule has 0 heterocycles. The van der Waals surface area contributed by atoms with Gasteiger partial charge in [0, 0.05) is 16.5 Å². The number of amides is 1. The van der Waals surface area contributed by atoms with Crippen molar-refractivity contribution >= 4 is 29.3 Å². The number of benzene rings is 2. The summed E-state index contributed by atoms with van der Waals surface area (Å²) in [5.74, 6) is 0.889. The minimum Gasteiger partial charge on any atom is -0.348 e. The number of rotatable bonds is 5. The minimum absolute atomic E-state index is 0.0541. The summed E-state index contributed by atoms with van der Waals surface area (Å²) in [5.41, 5.74) is 1.72. The van der Waals surface area contributed by atoms with E-state index in [1.807, 2.05) is 48.5 Å². The van der Waals surface area contributed by atoms with E-state index in [-0.39, 0.29) is 5.91 Å². The second-order valence-corrected chi connectivity index (χ2v) is 5.98. The average Bonchev–Trinajstić information content (AvgIpc) is 2.46. The summed E-state index contributed by atoms with van der Waals surface area (Å²) >= 11 is 7.60. The number of thioether (sulfide) groups is 1. The summed E-state index contributed by atoms with van der Waals surface area (Å²) in [6.45, 7) is 2.55. The van der Waals surface area contributed by atoms with Crippen LogP contribution in [0.25, 0.3) is 0 Å². The van der Waals surface area contributed by atoms with E-state index >= 15 is 0 Å². The summed E-state index contributed by atoms with van der Waals surface area (Å²) in [4.78, 5) is 13.3. The highest BCUT2D eigenvalue weighted by molar-refractivity contribution is 7.99. The molecule has 0 atom stereocenters. The fourth-order valence-corrected chi connectivity index (χ4v) is 2.88. The topological polar surface area (TPSA) is 29.1 Å². The summed E-state index contributed by atoms with van der Waals surface area (Å²) in [6.07, 6.45) is 0. The van der Waals surface area contributed by atoms with E-state index in [9.17, 15) is 4.79 Å². The van der Waals surface area contributed by atoms with Gasteiger partial charge in [-0.05, 0) is 35.6 Å². The number of nitrogens with one attached hydrogen (secondary N) is 1. The van der Waals surface area contributed by atoms with Crippen molar-refractivity contribution in [2.75, 3.05) is 5.75 Å². The summed E-state index contributed by atoms with van der Waals surface area (Å²) in [6, 6.07) is 15.2. The lowest BCUT2D eigenvalue weighted by Crippen LogP contribution is -2.23. The maximum Gasteiger partial charge on any atom is 0.252 e. The fourth-order valence-electron chi connectivity index (χ4n) is 1.86. The number of carbonyl (C=O) groups is 1. The lowest BCUT2D eigenvalue weighted by Gasteiger charge is -2.09. The zero-order valence-electron chi connectivity index (χ0n) is 11.2. The van der Waals surface area contributed by atoms with Crippen molar-refractivity contribution in [3.8, 4) is 0 Å². The normalized spacial score (nSPS) is 10.3. The van der Waals surface area contributed by atoms with Crippen LogP contribution < -0.4 is 5.32 Å². The molecule has 0 aliphatic rings. The second-order valence-electron chi connectivity index (χ2n) is 4.24. The lowest BCUT2D eigenvalue weighted by molar-refractivity contribution is 0.0948. The van der Waals surface area contributed by atoms with Gasteiger partial charge in [0.1, 0.15) is 0 Å². The summed E-state index contributed by atoms with van der Waals surface area (Å²) < 4.78 is 0. The molecule has 0 spiro atoms. The molecule has 2 rings (SSSR count). The van der Waals surface area contributed by atoms with Gasteiger partial charge in [0.2, 0.25) is 0 Å². The maximum atomic E-state index is 12.2. The Morgan fingerprint density at radius 3 is 2.75 bits per heavy atom. The monoisotopic (exact) mass is 305 g/mol. The lowest BCUT2D eigenvalue weighted by atomic mass is 10.2. The van der Waals surface area contributed by atoms with Gasteiger partial charge in [-0.1, -0.05) is 42.8 Å². The van der Waals surface area contributed by atoms with E-state index in [1.165, 1.54) is 0 Å². The molecule has 0 unspecified atom stereocenters. The van der Waals surface area contributed by atoms with Crippen LogP contribution in [0.5, 0.6) is 0 Å². The molecule has 0 bridgehead atoms. The summed E-state index contributed by atoms with van der Waals surface area (Å²) in [7, 11) is 0. The largest absolute Gasteiger partial charge is 0.348 e. The second kappa shape index (κ2) is 7.36. The number of carbonyl (C=O) groups excluding carboxylic acids is 1. The van der Waals surface area contributed by atoms with Crippen molar-refractivity contribution in [1.29, 1.82) is 0 Å². The first-order valence-electron chi connectivity index (χ1n) is 6.45. The Bertz CT molecular complexity index is 601. The molecule has 0 aliphatic heterocycles. The molecule has 0 fully saturated rings. The van der Waals surface area contributed by atoms with Crippen molar-refractivity contribution in [3.05, 3.63) is 64.7 Å². The van der Waals surface area contributed by atoms with Gasteiger partial charge in [0.05, 0.1) is 5.56 Å². The average molecular weight is 306 g/mol. The number of hydrogen-bond donors (Lipinski definition) is 1. The molecule has 4 heteroatoms. The van der Waals surface area contributed by atoms with Gasteiger partial charge < -0.3 is 5.32 Å². The number of hydrogen-bond acceptors (Lipinski definition) is 2. The van der Waals surface area contributed by atoms with Gasteiger partial charge in [-0.2, -0.15) is 0 Å². The van der Waals surface area contributed by atoms with Gasteiger partial charge in [-0.3, -0.25) is 4.79 Å². The molecule has 2 aromatic rings. The number of halogens is 1. The molecule has 2 nitrogen and oxygen atoms in total. The van der Waals surface area contributed by atoms with Crippen LogP contribution in [0.4, 0.5) is 0 Å². The highest BCUT2D eigenvalue weighted by atomic mass is 35.5. The quantitative estimate of drug-likeness (QED) is 0.830. The summed E-state index contributed by atoms with van der Waals surface area (Å²) in [5, 5.41) is 3.61. The molecule has 1 N–H and O–H groups in total. The predicted molar refractivity (Wildman–Crippen MR) is 85.5 cm³/mol. The zero-order chi connectivity index (χ0) is 14.4. The molecule has 20 heavy (non-hydrogen) atoms. The molecule has 2 aromatic carbocycles. The molecule has 0 saturated carbocycles. The van der Waals surface area contributed by atoms with Crippen LogP contribution in [-0.2, 0) is 6.54 Å². The molecule has 0 aromatic heterocycles. The van der Waals surface area contributed by atoms with Crippen LogP contribution in [0.15, 0.2) is 53.4 Å². The fraction of sp³-hybridized carbons (Fsp3) is 0.188. The van der Waals surface area contributed by atoms with Crippen molar-refractivity contribution in [1.82, 2.24) is 5.32 Å². The molecule has 0 aliphatic carbocycles. The minimum atomic E-state index is -0.0541. The third-order valence-electron chi connectivity index (χ3n) is 2.77. The van der Waals surface area contributed by atoms with Crippen molar-refractivity contribution in [2.24, 2.45) is 0 Å². The Morgan fingerprint density at radius 2 is 2.00 bits per heavy atom. The molecular formula is C16H16ClNOS. The molecular weight excluding hydrogens is 290 g/mol. The molecule has 104 valence electrons. The molecule has 0 saturated heterocycles. The third kappa shape index (κ3) is 4.02. The van der Waals surface area contributed by atoms with Gasteiger partial charge in [-0.15, -0.1) is 11.8 Å². The molecule has 0 radical (unpaired) electrons. The van der Waals surface area contributed by atoms with E-state index in [0.717, 1.165) is 21.8 Å². The standard InChI is InChI=1S/C16H16ClNOS/c1-2-20-15-9-4-3-8-14(15)16(19)18-11-12-6-5-7-13(17)10-12/h3-10H,2,11H2,1H3,(H,18,19). The predicted octanol–water partition coefficient (Wildman–Crippen LogP) is 4.38. The maximum absolute atomic E-state index is 12.2. The first-order valence-corrected chi connectivity index (χ1v) is 7.81. The Labute approximate surface area is 128 Å². The van der Waals surface area contributed by atoms with Crippen LogP contribution in [-0.4, -0.2) is 11.7 Å². The van der Waals surface area contributed by atoms with Gasteiger partial charge in [-0.25, -0.2) is 0 Å². The van der Waals surface area contributed by atoms with Crippen LogP contribution in [0.3, 0.4) is 0 Å². The van der Waals surface area contributed by atoms with Crippen LogP contribution in [0.1, 0.15) is 22.8 Å². The van der Waals surface area contributed by atoms with E-state index in [0.29, 0.717) is 11.6 Å². The van der Waals surface area contributed by atoms with E-state index in [2.05, 4.69) is 12.2 Å². The molecule has 1 amide bonds. The van der Waals surface area contributed by atoms with Crippen molar-refractivity contribution < 1.29 is 4.79 Å². The van der Waals surface area contributed by atoms with Crippen LogP contribution in [0, 0.1) is 0 Å². The third-order valence-corrected chi connectivity index (χ3v) is 3.96. The smallest absolute Gasteiger partial charge is 0.252 e. The van der Waals surface area contributed by atoms with E-state index in [1.54, 1.807) is 11.8 Å². The first kappa shape index (κ1) is 14.9. The zero-order valence-corrected chi connectivity index (χ0v) is 12.8. The van der Waals surface area contributed by atoms with Gasteiger partial charge in [0.25, 0.3) is 5.91 Å². The van der Waals surface area contributed by atoms with Gasteiger partial charge in [0.15, 0.2) is 0 Å². The van der Waals surface area contributed by atoms with Gasteiger partial charge >= 0.3 is 0 Å². The van der Waals surface area contributed by atoms with Crippen molar-refractivity contribution in [2.45, 2.75) is 18.4 Å². The van der Waals surface area contributed by atoms with Crippen molar-refractivity contribution in [3.63, 3.8) is 0 Å². The Balaban J connectivity index is 2.05. The SMILES string of the molecule is CCSc1ccccc1C(=O)NCc1cccc(Cl)c1. The highest BCUT2D eigenvalue weighted by Crippen LogP contribution is 2.22. The van der Waals surface area contributed by atoms with Crippen LogP contribution >= 0.6 is 23.4 Å². The Morgan fingerprint density at radius 1 is 1.20 bits per heavy atom. The Hall–Kier alpha value is -1.45. The van der Waals surface area contributed by atoms with E-state index in [4.69, 9.17) is 11.6 Å². The highest BCUT2D eigenvalue weighted by Gasteiger charge is 2.10. The van der Waals surface area contributed by atoms with E-state index < -0.39 is 0 Å². The first-order chi connectivity index (χ1) is 9.70.